The predicted molar refractivity (Wildman–Crippen MR) is 122 cm³/mol. The Bertz CT molecular complexity index is 1190. The van der Waals surface area contributed by atoms with Gasteiger partial charge < -0.3 is 24.3 Å². The largest absolute Gasteiger partial charge is 0.484 e. The van der Waals surface area contributed by atoms with E-state index in [9.17, 15) is 18.8 Å². The maximum Gasteiger partial charge on any atom is 0.291 e. The van der Waals surface area contributed by atoms with Crippen LogP contribution in [0.1, 0.15) is 20.9 Å². The molecule has 3 amide bonds. The second-order valence-electron chi connectivity index (χ2n) is 7.55. The predicted octanol–water partition coefficient (Wildman–Crippen LogP) is 3.69. The highest BCUT2D eigenvalue weighted by atomic mass is 35.5. The van der Waals surface area contributed by atoms with Crippen molar-refractivity contribution in [1.29, 1.82) is 0 Å². The van der Waals surface area contributed by atoms with Crippen molar-refractivity contribution in [2.45, 2.75) is 0 Å². The van der Waals surface area contributed by atoms with Gasteiger partial charge in [0.25, 0.3) is 17.7 Å². The van der Waals surface area contributed by atoms with E-state index in [-0.39, 0.29) is 34.8 Å². The van der Waals surface area contributed by atoms with E-state index in [1.807, 2.05) is 0 Å². The van der Waals surface area contributed by atoms with Gasteiger partial charge in [0.05, 0.1) is 16.8 Å². The van der Waals surface area contributed by atoms with Crippen molar-refractivity contribution < 1.29 is 27.9 Å². The Hall–Kier alpha value is -3.85. The number of hydrogen-bond donors (Lipinski definition) is 1. The number of nitrogens with one attached hydrogen (secondary N) is 1. The summed E-state index contributed by atoms with van der Waals surface area (Å²) >= 11 is 5.99. The lowest BCUT2D eigenvalue weighted by atomic mass is 10.1. The lowest BCUT2D eigenvalue weighted by Crippen LogP contribution is -2.51. The highest BCUT2D eigenvalue weighted by Gasteiger charge is 2.26. The van der Waals surface area contributed by atoms with Crippen LogP contribution in [0, 0.1) is 5.82 Å². The number of hydrogen-bond acceptors (Lipinski definition) is 5. The highest BCUT2D eigenvalue weighted by Crippen LogP contribution is 2.21. The number of rotatable bonds is 6. The first-order chi connectivity index (χ1) is 16.4. The van der Waals surface area contributed by atoms with Gasteiger partial charge in [0.15, 0.2) is 12.4 Å². The SMILES string of the molecule is O=C(Nc1cccc(OCC(=O)N2CCN(C(=O)c3ccc(F)cc3Cl)CC2)c1)c1ccco1. The minimum absolute atomic E-state index is 0.0551. The fraction of sp³-hybridized carbons (Fsp3) is 0.208. The van der Waals surface area contributed by atoms with Gasteiger partial charge in [-0.1, -0.05) is 17.7 Å². The van der Waals surface area contributed by atoms with Gasteiger partial charge >= 0.3 is 0 Å². The Kier molecular flexibility index (Phi) is 7.12. The lowest BCUT2D eigenvalue weighted by molar-refractivity contribution is -0.134. The second kappa shape index (κ2) is 10.4. The zero-order valence-electron chi connectivity index (χ0n) is 18.0. The normalized spacial score (nSPS) is 13.5. The Morgan fingerprint density at radius 3 is 2.47 bits per heavy atom. The molecule has 0 bridgehead atoms. The number of furan rings is 1. The van der Waals surface area contributed by atoms with Crippen LogP contribution in [-0.4, -0.2) is 60.3 Å². The van der Waals surface area contributed by atoms with Gasteiger partial charge in [-0.2, -0.15) is 0 Å². The van der Waals surface area contributed by atoms with Gasteiger partial charge in [-0.3, -0.25) is 14.4 Å². The number of carbonyl (C=O) groups is 3. The van der Waals surface area contributed by atoms with Crippen LogP contribution in [0.4, 0.5) is 10.1 Å². The summed E-state index contributed by atoms with van der Waals surface area (Å²) in [6.45, 7) is 1.14. The quantitative estimate of drug-likeness (QED) is 0.575. The van der Waals surface area contributed by atoms with Gasteiger partial charge in [-0.15, -0.1) is 0 Å². The molecule has 176 valence electrons. The van der Waals surface area contributed by atoms with Crippen LogP contribution in [0.2, 0.25) is 5.02 Å². The summed E-state index contributed by atoms with van der Waals surface area (Å²) in [7, 11) is 0. The third-order valence-corrected chi connectivity index (χ3v) is 5.59. The molecular weight excluding hydrogens is 465 g/mol. The van der Waals surface area contributed by atoms with E-state index in [1.54, 1.807) is 46.2 Å². The highest BCUT2D eigenvalue weighted by molar-refractivity contribution is 6.33. The van der Waals surface area contributed by atoms with Crippen molar-refractivity contribution in [2.75, 3.05) is 38.1 Å². The number of benzene rings is 2. The van der Waals surface area contributed by atoms with Gasteiger partial charge in [-0.25, -0.2) is 4.39 Å². The molecule has 1 fully saturated rings. The van der Waals surface area contributed by atoms with E-state index in [1.165, 1.54) is 18.4 Å². The zero-order chi connectivity index (χ0) is 24.1. The Morgan fingerprint density at radius 1 is 1.00 bits per heavy atom. The van der Waals surface area contributed by atoms with Crippen LogP contribution in [-0.2, 0) is 4.79 Å². The average molecular weight is 486 g/mol. The van der Waals surface area contributed by atoms with Gasteiger partial charge in [-0.05, 0) is 42.5 Å². The molecular formula is C24H21ClFN3O5. The Balaban J connectivity index is 1.27. The number of halogens is 2. The van der Waals surface area contributed by atoms with Crippen molar-refractivity contribution in [3.05, 3.63) is 83.0 Å². The molecule has 10 heteroatoms. The van der Waals surface area contributed by atoms with E-state index in [0.29, 0.717) is 37.6 Å². The molecule has 2 aromatic carbocycles. The van der Waals surface area contributed by atoms with Crippen molar-refractivity contribution in [1.82, 2.24) is 9.80 Å². The molecule has 0 spiro atoms. The molecule has 1 aliphatic heterocycles. The molecule has 0 radical (unpaired) electrons. The topological polar surface area (TPSA) is 92.1 Å². The first-order valence-corrected chi connectivity index (χ1v) is 10.9. The first kappa shape index (κ1) is 23.3. The molecule has 8 nitrogen and oxygen atoms in total. The summed E-state index contributed by atoms with van der Waals surface area (Å²) in [4.78, 5) is 40.5. The first-order valence-electron chi connectivity index (χ1n) is 10.5. The van der Waals surface area contributed by atoms with Crippen molar-refractivity contribution in [2.24, 2.45) is 0 Å². The van der Waals surface area contributed by atoms with Gasteiger partial charge in [0.2, 0.25) is 0 Å². The maximum absolute atomic E-state index is 13.2. The lowest BCUT2D eigenvalue weighted by Gasteiger charge is -2.34. The van der Waals surface area contributed by atoms with Crippen molar-refractivity contribution in [3.63, 3.8) is 0 Å². The van der Waals surface area contributed by atoms with Crippen LogP contribution in [0.3, 0.4) is 0 Å². The summed E-state index contributed by atoms with van der Waals surface area (Å²) in [6, 6.07) is 13.5. The molecule has 1 aromatic heterocycles. The van der Waals surface area contributed by atoms with Crippen molar-refractivity contribution >= 4 is 35.0 Å². The molecule has 1 saturated heterocycles. The minimum Gasteiger partial charge on any atom is -0.484 e. The van der Waals surface area contributed by atoms with Gasteiger partial charge in [0, 0.05) is 37.9 Å². The summed E-state index contributed by atoms with van der Waals surface area (Å²) in [5, 5.41) is 2.75. The van der Waals surface area contributed by atoms with E-state index in [0.717, 1.165) is 6.07 Å². The molecule has 3 aromatic rings. The zero-order valence-corrected chi connectivity index (χ0v) is 18.8. The van der Waals surface area contributed by atoms with Crippen LogP contribution in [0.15, 0.2) is 65.3 Å². The van der Waals surface area contributed by atoms with E-state index in [2.05, 4.69) is 5.32 Å². The molecule has 1 aliphatic rings. The Morgan fingerprint density at radius 2 is 1.76 bits per heavy atom. The number of anilines is 1. The number of nitrogens with zero attached hydrogens (tertiary/aromatic N) is 2. The maximum atomic E-state index is 13.2. The molecule has 2 heterocycles. The number of ether oxygens (including phenoxy) is 1. The van der Waals surface area contributed by atoms with Crippen LogP contribution >= 0.6 is 11.6 Å². The van der Waals surface area contributed by atoms with Crippen molar-refractivity contribution in [3.8, 4) is 5.75 Å². The molecule has 1 N–H and O–H groups in total. The summed E-state index contributed by atoms with van der Waals surface area (Å²) in [5.41, 5.74) is 0.725. The molecule has 0 saturated carbocycles. The molecule has 4 rings (SSSR count). The van der Waals surface area contributed by atoms with Gasteiger partial charge in [0.1, 0.15) is 11.6 Å². The number of carbonyl (C=O) groups excluding carboxylic acids is 3. The fourth-order valence-electron chi connectivity index (χ4n) is 3.49. The third kappa shape index (κ3) is 5.55. The summed E-state index contributed by atoms with van der Waals surface area (Å²) in [5.74, 6) is -0.833. The summed E-state index contributed by atoms with van der Waals surface area (Å²) < 4.78 is 23.9. The Labute approximate surface area is 199 Å². The standard InChI is InChI=1S/C24H21ClFN3O5/c25-20-13-16(26)6-7-19(20)24(32)29-10-8-28(9-11-29)22(30)15-34-18-4-1-3-17(14-18)27-23(31)21-5-2-12-33-21/h1-7,12-14H,8-11,15H2,(H,27,31). The van der Waals surface area contributed by atoms with E-state index >= 15 is 0 Å². The third-order valence-electron chi connectivity index (χ3n) is 5.28. The summed E-state index contributed by atoms with van der Waals surface area (Å²) in [6.07, 6.45) is 1.41. The number of amides is 3. The smallest absolute Gasteiger partial charge is 0.291 e. The van der Waals surface area contributed by atoms with Crippen LogP contribution in [0.25, 0.3) is 0 Å². The van der Waals surface area contributed by atoms with Crippen LogP contribution < -0.4 is 10.1 Å². The molecule has 0 aliphatic carbocycles. The minimum atomic E-state index is -0.512. The molecule has 0 unspecified atom stereocenters. The molecule has 34 heavy (non-hydrogen) atoms. The second-order valence-corrected chi connectivity index (χ2v) is 7.95. The van der Waals surface area contributed by atoms with Crippen LogP contribution in [0.5, 0.6) is 5.75 Å². The van der Waals surface area contributed by atoms with E-state index < -0.39 is 11.7 Å². The number of piperazine rings is 1. The average Bonchev–Trinajstić information content (AvgIpc) is 3.38. The van der Waals surface area contributed by atoms with E-state index in [4.69, 9.17) is 20.8 Å². The molecule has 0 atom stereocenters. The fourth-order valence-corrected chi connectivity index (χ4v) is 3.74. The monoisotopic (exact) mass is 485 g/mol.